The largest absolute Gasteiger partial charge is 0.494 e. The molecule has 0 saturated carbocycles. The summed E-state index contributed by atoms with van der Waals surface area (Å²) in [6, 6.07) is 10.1. The highest BCUT2D eigenvalue weighted by Crippen LogP contribution is 2.24. The lowest BCUT2D eigenvalue weighted by Gasteiger charge is -2.05. The maximum Gasteiger partial charge on any atom is 0.234 e. The third kappa shape index (κ3) is 4.52. The van der Waals surface area contributed by atoms with E-state index < -0.39 is 5.82 Å². The van der Waals surface area contributed by atoms with E-state index in [1.54, 1.807) is 6.07 Å². The molecule has 5 nitrogen and oxygen atoms in total. The second-order valence-electron chi connectivity index (χ2n) is 5.11. The van der Waals surface area contributed by atoms with Gasteiger partial charge >= 0.3 is 0 Å². The fraction of sp³-hybridized carbons (Fsp3) is 0.176. The van der Waals surface area contributed by atoms with Crippen molar-refractivity contribution in [1.29, 1.82) is 0 Å². The summed E-state index contributed by atoms with van der Waals surface area (Å²) in [4.78, 5) is 19.6. The predicted octanol–water partition coefficient (Wildman–Crippen LogP) is 4.59. The highest BCUT2D eigenvalue weighted by atomic mass is 79.9. The third-order valence-electron chi connectivity index (χ3n) is 3.29. The number of H-pyrrole nitrogens is 1. The number of thioether (sulfide) groups is 1. The molecule has 1 aromatic heterocycles. The number of nitrogens with one attached hydrogen (secondary N) is 2. The molecule has 25 heavy (non-hydrogen) atoms. The number of hydrogen-bond donors (Lipinski definition) is 2. The number of rotatable bonds is 6. The van der Waals surface area contributed by atoms with E-state index in [0.29, 0.717) is 16.2 Å². The van der Waals surface area contributed by atoms with Crippen LogP contribution in [-0.4, -0.2) is 28.2 Å². The number of halogens is 2. The second-order valence-corrected chi connectivity index (χ2v) is 6.99. The van der Waals surface area contributed by atoms with E-state index in [2.05, 4.69) is 31.2 Å². The number of imidazole rings is 1. The minimum atomic E-state index is -0.486. The molecule has 0 saturated heterocycles. The van der Waals surface area contributed by atoms with Crippen LogP contribution in [0.4, 0.5) is 10.1 Å². The van der Waals surface area contributed by atoms with Gasteiger partial charge in [0.2, 0.25) is 5.91 Å². The van der Waals surface area contributed by atoms with E-state index in [0.717, 1.165) is 16.8 Å². The Balaban J connectivity index is 1.62. The summed E-state index contributed by atoms with van der Waals surface area (Å²) in [6.07, 6.45) is 0. The van der Waals surface area contributed by atoms with Gasteiger partial charge < -0.3 is 15.0 Å². The molecule has 0 atom stereocenters. The van der Waals surface area contributed by atoms with Crippen LogP contribution in [0.15, 0.2) is 46.0 Å². The maximum absolute atomic E-state index is 13.7. The number of fused-ring (bicyclic) bond motifs is 1. The molecule has 0 radical (unpaired) electrons. The Hall–Kier alpha value is -2.06. The molecule has 0 unspecified atom stereocenters. The number of aromatic nitrogens is 2. The number of ether oxygens (including phenoxy) is 1. The molecular weight excluding hydrogens is 409 g/mol. The first-order valence-electron chi connectivity index (χ1n) is 7.55. The topological polar surface area (TPSA) is 67.0 Å². The summed E-state index contributed by atoms with van der Waals surface area (Å²) in [5, 5.41) is 3.17. The smallest absolute Gasteiger partial charge is 0.234 e. The van der Waals surface area contributed by atoms with Crippen molar-refractivity contribution in [3.8, 4) is 5.75 Å². The molecule has 0 spiro atoms. The summed E-state index contributed by atoms with van der Waals surface area (Å²) in [6.45, 7) is 2.51. The van der Waals surface area contributed by atoms with Crippen molar-refractivity contribution in [2.24, 2.45) is 0 Å². The zero-order valence-corrected chi connectivity index (χ0v) is 15.7. The summed E-state index contributed by atoms with van der Waals surface area (Å²) < 4.78 is 19.8. The summed E-state index contributed by atoms with van der Waals surface area (Å²) in [5.74, 6) is 0.0912. The molecule has 1 heterocycles. The standard InChI is InChI=1S/C17H15BrFN3O2S/c1-2-24-11-4-6-14-15(8-11)22-17(21-14)25-9-16(23)20-13-5-3-10(18)7-12(13)19/h3-8H,2,9H2,1H3,(H,20,23)(H,21,22). The summed E-state index contributed by atoms with van der Waals surface area (Å²) >= 11 is 4.43. The van der Waals surface area contributed by atoms with Crippen LogP contribution < -0.4 is 10.1 Å². The molecule has 130 valence electrons. The lowest BCUT2D eigenvalue weighted by atomic mass is 10.3. The van der Waals surface area contributed by atoms with Gasteiger partial charge in [-0.1, -0.05) is 27.7 Å². The van der Waals surface area contributed by atoms with Gasteiger partial charge in [-0.05, 0) is 37.3 Å². The van der Waals surface area contributed by atoms with Gasteiger partial charge in [0, 0.05) is 10.5 Å². The monoisotopic (exact) mass is 423 g/mol. The molecule has 3 aromatic rings. The molecule has 0 aliphatic heterocycles. The maximum atomic E-state index is 13.7. The zero-order chi connectivity index (χ0) is 17.8. The average molecular weight is 424 g/mol. The van der Waals surface area contributed by atoms with Gasteiger partial charge in [-0.2, -0.15) is 0 Å². The Bertz CT molecular complexity index is 916. The van der Waals surface area contributed by atoms with Gasteiger partial charge in [0.25, 0.3) is 0 Å². The highest BCUT2D eigenvalue weighted by molar-refractivity contribution is 9.10. The van der Waals surface area contributed by atoms with Crippen molar-refractivity contribution >= 4 is 50.3 Å². The fourth-order valence-electron chi connectivity index (χ4n) is 2.20. The van der Waals surface area contributed by atoms with Crippen LogP contribution in [0.3, 0.4) is 0 Å². The Morgan fingerprint density at radius 1 is 1.36 bits per heavy atom. The zero-order valence-electron chi connectivity index (χ0n) is 13.3. The van der Waals surface area contributed by atoms with Crippen molar-refractivity contribution in [3.05, 3.63) is 46.7 Å². The quantitative estimate of drug-likeness (QED) is 0.568. The SMILES string of the molecule is CCOc1ccc2nc(SCC(=O)Nc3ccc(Br)cc3F)[nH]c2c1. The first-order chi connectivity index (χ1) is 12.0. The van der Waals surface area contributed by atoms with E-state index in [9.17, 15) is 9.18 Å². The molecule has 0 fully saturated rings. The number of benzene rings is 2. The Kier molecular flexibility index (Phi) is 5.60. The lowest BCUT2D eigenvalue weighted by molar-refractivity contribution is -0.113. The first-order valence-corrected chi connectivity index (χ1v) is 9.33. The fourth-order valence-corrected chi connectivity index (χ4v) is 3.22. The number of amides is 1. The first kappa shape index (κ1) is 17.8. The average Bonchev–Trinajstić information content (AvgIpc) is 2.98. The van der Waals surface area contributed by atoms with Gasteiger partial charge in [-0.15, -0.1) is 0 Å². The van der Waals surface area contributed by atoms with Crippen molar-refractivity contribution in [1.82, 2.24) is 9.97 Å². The van der Waals surface area contributed by atoms with Crippen LogP contribution in [-0.2, 0) is 4.79 Å². The molecule has 0 aliphatic carbocycles. The van der Waals surface area contributed by atoms with Crippen molar-refractivity contribution in [3.63, 3.8) is 0 Å². The van der Waals surface area contributed by atoms with Gasteiger partial charge in [0.1, 0.15) is 11.6 Å². The van der Waals surface area contributed by atoms with E-state index in [1.165, 1.54) is 23.9 Å². The van der Waals surface area contributed by atoms with Gasteiger partial charge in [0.05, 0.1) is 29.1 Å². The summed E-state index contributed by atoms with van der Waals surface area (Å²) in [7, 11) is 0. The molecule has 0 bridgehead atoms. The second kappa shape index (κ2) is 7.88. The Labute approximate surface area is 156 Å². The van der Waals surface area contributed by atoms with E-state index in [-0.39, 0.29) is 17.3 Å². The van der Waals surface area contributed by atoms with Gasteiger partial charge in [-0.3, -0.25) is 4.79 Å². The van der Waals surface area contributed by atoms with Gasteiger partial charge in [-0.25, -0.2) is 9.37 Å². The number of carbonyl (C=O) groups excluding carboxylic acids is 1. The molecule has 2 aromatic carbocycles. The van der Waals surface area contributed by atoms with Crippen LogP contribution >= 0.6 is 27.7 Å². The van der Waals surface area contributed by atoms with Gasteiger partial charge in [0.15, 0.2) is 5.16 Å². The minimum Gasteiger partial charge on any atom is -0.494 e. The van der Waals surface area contributed by atoms with Crippen molar-refractivity contribution in [2.75, 3.05) is 17.7 Å². The van der Waals surface area contributed by atoms with Crippen molar-refractivity contribution in [2.45, 2.75) is 12.1 Å². The minimum absolute atomic E-state index is 0.119. The van der Waals surface area contributed by atoms with Crippen LogP contribution in [0.5, 0.6) is 5.75 Å². The van der Waals surface area contributed by atoms with Crippen LogP contribution in [0.25, 0.3) is 11.0 Å². The van der Waals surface area contributed by atoms with Crippen LogP contribution in [0.1, 0.15) is 6.92 Å². The van der Waals surface area contributed by atoms with E-state index in [1.807, 2.05) is 25.1 Å². The van der Waals surface area contributed by atoms with Crippen LogP contribution in [0, 0.1) is 5.82 Å². The third-order valence-corrected chi connectivity index (χ3v) is 4.65. The molecule has 2 N–H and O–H groups in total. The summed E-state index contributed by atoms with van der Waals surface area (Å²) in [5.41, 5.74) is 1.79. The molecule has 1 amide bonds. The van der Waals surface area contributed by atoms with Crippen molar-refractivity contribution < 1.29 is 13.9 Å². The van der Waals surface area contributed by atoms with E-state index >= 15 is 0 Å². The molecular formula is C17H15BrFN3O2S. The lowest BCUT2D eigenvalue weighted by Crippen LogP contribution is -2.15. The number of hydrogen-bond acceptors (Lipinski definition) is 4. The number of carbonyl (C=O) groups is 1. The Morgan fingerprint density at radius 2 is 2.20 bits per heavy atom. The Morgan fingerprint density at radius 3 is 2.96 bits per heavy atom. The normalized spacial score (nSPS) is 10.8. The van der Waals surface area contributed by atoms with Crippen LogP contribution in [0.2, 0.25) is 0 Å². The predicted molar refractivity (Wildman–Crippen MR) is 101 cm³/mol. The highest BCUT2D eigenvalue weighted by Gasteiger charge is 2.10. The molecule has 3 rings (SSSR count). The number of anilines is 1. The van der Waals surface area contributed by atoms with E-state index in [4.69, 9.17) is 4.74 Å². The number of aromatic amines is 1. The molecule has 8 heteroatoms. The number of nitrogens with zero attached hydrogens (tertiary/aromatic N) is 1. The molecule has 0 aliphatic rings.